The molecule has 0 atom stereocenters. The molecule has 0 fully saturated rings. The molecule has 0 radical (unpaired) electrons. The van der Waals surface area contributed by atoms with E-state index in [4.69, 9.17) is 4.52 Å². The second-order valence-corrected chi connectivity index (χ2v) is 5.44. The van der Waals surface area contributed by atoms with Gasteiger partial charge >= 0.3 is 0 Å². The van der Waals surface area contributed by atoms with Gasteiger partial charge in [0.1, 0.15) is 5.82 Å². The van der Waals surface area contributed by atoms with Crippen LogP contribution in [0.25, 0.3) is 0 Å². The van der Waals surface area contributed by atoms with Gasteiger partial charge in [-0.05, 0) is 36.2 Å². The number of aryl methyl sites for hydroxylation is 1. The van der Waals surface area contributed by atoms with Crippen LogP contribution in [0.4, 0.5) is 4.39 Å². The quantitative estimate of drug-likeness (QED) is 0.783. The normalized spacial score (nSPS) is 10.6. The Balaban J connectivity index is 1.61. The van der Waals surface area contributed by atoms with Crippen molar-refractivity contribution in [3.8, 4) is 0 Å². The summed E-state index contributed by atoms with van der Waals surface area (Å²) < 4.78 is 18.0. The lowest BCUT2D eigenvalue weighted by Crippen LogP contribution is -2.23. The molecule has 0 bridgehead atoms. The van der Waals surface area contributed by atoms with Crippen LogP contribution in [0.3, 0.4) is 0 Å². The molecular formula is C18H16FN3O2. The molecule has 1 N–H and O–H groups in total. The Morgan fingerprint density at radius 3 is 2.79 bits per heavy atom. The zero-order chi connectivity index (χ0) is 16.9. The number of hydrogen-bond donors (Lipinski definition) is 1. The topological polar surface area (TPSA) is 68.0 Å². The van der Waals surface area contributed by atoms with Gasteiger partial charge in [0.05, 0.1) is 17.9 Å². The predicted octanol–water partition coefficient (Wildman–Crippen LogP) is 3.04. The Bertz CT molecular complexity index is 843. The lowest BCUT2D eigenvalue weighted by Gasteiger charge is -2.04. The van der Waals surface area contributed by atoms with Crippen LogP contribution in [-0.4, -0.2) is 16.0 Å². The average Bonchev–Trinajstić information content (AvgIpc) is 3.05. The second-order valence-electron chi connectivity index (χ2n) is 5.44. The number of benzene rings is 1. The van der Waals surface area contributed by atoms with Crippen molar-refractivity contribution in [3.05, 3.63) is 82.8 Å². The minimum atomic E-state index is -0.349. The van der Waals surface area contributed by atoms with Gasteiger partial charge < -0.3 is 9.84 Å². The van der Waals surface area contributed by atoms with Gasteiger partial charge in [-0.3, -0.25) is 9.78 Å². The summed E-state index contributed by atoms with van der Waals surface area (Å²) in [4.78, 5) is 16.3. The summed E-state index contributed by atoms with van der Waals surface area (Å²) in [6, 6.07) is 11.5. The highest BCUT2D eigenvalue weighted by Crippen LogP contribution is 2.11. The van der Waals surface area contributed by atoms with E-state index in [-0.39, 0.29) is 17.5 Å². The highest BCUT2D eigenvalue weighted by atomic mass is 19.1. The van der Waals surface area contributed by atoms with E-state index in [1.54, 1.807) is 24.4 Å². The minimum Gasteiger partial charge on any atom is -0.351 e. The van der Waals surface area contributed by atoms with E-state index in [9.17, 15) is 9.18 Å². The van der Waals surface area contributed by atoms with Crippen LogP contribution in [0.2, 0.25) is 0 Å². The van der Waals surface area contributed by atoms with Crippen LogP contribution < -0.4 is 5.32 Å². The fourth-order valence-corrected chi connectivity index (χ4v) is 2.27. The fraction of sp³-hybridized carbons (Fsp3) is 0.167. The first-order valence-electron chi connectivity index (χ1n) is 7.50. The molecule has 5 nitrogen and oxygen atoms in total. The van der Waals surface area contributed by atoms with Crippen molar-refractivity contribution < 1.29 is 13.7 Å². The first-order valence-corrected chi connectivity index (χ1v) is 7.50. The second kappa shape index (κ2) is 7.04. The molecule has 0 unspecified atom stereocenters. The Hall–Kier alpha value is -3.02. The average molecular weight is 325 g/mol. The molecule has 0 aliphatic carbocycles. The molecule has 24 heavy (non-hydrogen) atoms. The minimum absolute atomic E-state index is 0.140. The molecule has 122 valence electrons. The molecule has 1 aromatic carbocycles. The molecule has 0 aliphatic heterocycles. The maximum absolute atomic E-state index is 12.9. The van der Waals surface area contributed by atoms with Gasteiger partial charge in [0.2, 0.25) is 5.76 Å². The Kier molecular flexibility index (Phi) is 4.65. The van der Waals surface area contributed by atoms with Crippen molar-refractivity contribution in [3.63, 3.8) is 0 Å². The molecule has 0 aliphatic rings. The van der Waals surface area contributed by atoms with Gasteiger partial charge in [-0.2, -0.15) is 0 Å². The number of nitrogens with zero attached hydrogens (tertiary/aromatic N) is 2. The van der Waals surface area contributed by atoms with Crippen LogP contribution in [0, 0.1) is 12.7 Å². The molecule has 2 aromatic heterocycles. The summed E-state index contributed by atoms with van der Waals surface area (Å²) in [7, 11) is 0. The van der Waals surface area contributed by atoms with Gasteiger partial charge in [0.25, 0.3) is 5.91 Å². The molecule has 1 amide bonds. The molecule has 0 saturated heterocycles. The highest BCUT2D eigenvalue weighted by Gasteiger charge is 2.13. The number of pyridine rings is 1. The Labute approximate surface area is 138 Å². The summed E-state index contributed by atoms with van der Waals surface area (Å²) in [5.74, 6) is -0.498. The van der Waals surface area contributed by atoms with Gasteiger partial charge in [-0.15, -0.1) is 0 Å². The van der Waals surface area contributed by atoms with Gasteiger partial charge in [0.15, 0.2) is 0 Å². The lowest BCUT2D eigenvalue weighted by atomic mass is 10.1. The fourth-order valence-electron chi connectivity index (χ4n) is 2.27. The van der Waals surface area contributed by atoms with Crippen molar-refractivity contribution >= 4 is 5.91 Å². The highest BCUT2D eigenvalue weighted by molar-refractivity contribution is 5.91. The van der Waals surface area contributed by atoms with Crippen LogP contribution in [-0.2, 0) is 13.0 Å². The SMILES string of the molecule is Cc1cccnc1CNC(=O)c1cc(Cc2ccc(F)cc2)no1. The first-order chi connectivity index (χ1) is 11.6. The van der Waals surface area contributed by atoms with E-state index in [2.05, 4.69) is 15.5 Å². The van der Waals surface area contributed by atoms with Crippen molar-refractivity contribution in [1.29, 1.82) is 0 Å². The monoisotopic (exact) mass is 325 g/mol. The van der Waals surface area contributed by atoms with Crippen LogP contribution in [0.5, 0.6) is 0 Å². The molecular weight excluding hydrogens is 309 g/mol. The van der Waals surface area contributed by atoms with E-state index < -0.39 is 0 Å². The third kappa shape index (κ3) is 3.84. The maximum Gasteiger partial charge on any atom is 0.290 e. The predicted molar refractivity (Wildman–Crippen MR) is 85.9 cm³/mol. The van der Waals surface area contributed by atoms with Gasteiger partial charge in [-0.25, -0.2) is 4.39 Å². The van der Waals surface area contributed by atoms with Crippen molar-refractivity contribution in [2.24, 2.45) is 0 Å². The Morgan fingerprint density at radius 1 is 1.25 bits per heavy atom. The standard InChI is InChI=1S/C18H16FN3O2/c1-12-3-2-8-20-16(12)11-21-18(23)17-10-15(22-24-17)9-13-4-6-14(19)7-5-13/h2-8,10H,9,11H2,1H3,(H,21,23). The number of nitrogens with one attached hydrogen (secondary N) is 1. The van der Waals surface area contributed by atoms with E-state index in [0.29, 0.717) is 18.7 Å². The van der Waals surface area contributed by atoms with Crippen molar-refractivity contribution in [2.75, 3.05) is 0 Å². The van der Waals surface area contributed by atoms with E-state index >= 15 is 0 Å². The Morgan fingerprint density at radius 2 is 2.04 bits per heavy atom. The zero-order valence-corrected chi connectivity index (χ0v) is 13.1. The maximum atomic E-state index is 12.9. The summed E-state index contributed by atoms with van der Waals surface area (Å²) in [5.41, 5.74) is 3.31. The number of amides is 1. The molecule has 0 spiro atoms. The first kappa shape index (κ1) is 15.9. The van der Waals surface area contributed by atoms with Crippen LogP contribution in [0.15, 0.2) is 53.2 Å². The van der Waals surface area contributed by atoms with Crippen molar-refractivity contribution in [2.45, 2.75) is 19.9 Å². The van der Waals surface area contributed by atoms with Gasteiger partial charge in [0, 0.05) is 18.7 Å². The van der Waals surface area contributed by atoms with Crippen LogP contribution >= 0.6 is 0 Å². The summed E-state index contributed by atoms with van der Waals surface area (Å²) in [5, 5.41) is 6.64. The zero-order valence-electron chi connectivity index (χ0n) is 13.1. The third-order valence-electron chi connectivity index (χ3n) is 3.62. The van der Waals surface area contributed by atoms with Crippen molar-refractivity contribution in [1.82, 2.24) is 15.5 Å². The summed E-state index contributed by atoms with van der Waals surface area (Å²) in [6.07, 6.45) is 2.15. The summed E-state index contributed by atoms with van der Waals surface area (Å²) in [6.45, 7) is 2.25. The molecule has 6 heteroatoms. The number of hydrogen-bond acceptors (Lipinski definition) is 4. The number of halogens is 1. The molecule has 0 saturated carbocycles. The lowest BCUT2D eigenvalue weighted by molar-refractivity contribution is 0.0913. The molecule has 3 rings (SSSR count). The largest absolute Gasteiger partial charge is 0.351 e. The smallest absolute Gasteiger partial charge is 0.290 e. The van der Waals surface area contributed by atoms with E-state index in [1.807, 2.05) is 19.1 Å². The summed E-state index contributed by atoms with van der Waals surface area (Å²) >= 11 is 0. The van der Waals surface area contributed by atoms with E-state index in [1.165, 1.54) is 12.1 Å². The number of carbonyl (C=O) groups excluding carboxylic acids is 1. The number of aromatic nitrogens is 2. The molecule has 2 heterocycles. The van der Waals surface area contributed by atoms with Gasteiger partial charge in [-0.1, -0.05) is 23.4 Å². The third-order valence-corrected chi connectivity index (χ3v) is 3.62. The van der Waals surface area contributed by atoms with E-state index in [0.717, 1.165) is 16.8 Å². The number of rotatable bonds is 5. The number of carbonyl (C=O) groups is 1. The molecule has 3 aromatic rings. The van der Waals surface area contributed by atoms with Crippen LogP contribution in [0.1, 0.15) is 33.1 Å².